The number of halogens is 3. The van der Waals surface area contributed by atoms with Crippen molar-refractivity contribution in [1.29, 1.82) is 10.8 Å². The zero-order chi connectivity index (χ0) is 19.5. The molecule has 2 aliphatic carbocycles. The second-order valence-corrected chi connectivity index (χ2v) is 7.74. The molecule has 2 bridgehead atoms. The summed E-state index contributed by atoms with van der Waals surface area (Å²) in [4.78, 5) is 0. The van der Waals surface area contributed by atoms with E-state index in [-0.39, 0.29) is 23.3 Å². The maximum absolute atomic E-state index is 13.3. The number of nitrogen functional groups attached to an aromatic ring is 1. The minimum Gasteiger partial charge on any atom is -0.398 e. The Morgan fingerprint density at radius 3 is 2.52 bits per heavy atom. The van der Waals surface area contributed by atoms with Gasteiger partial charge in [-0.15, -0.1) is 0 Å². The number of nitrogens with one attached hydrogen (secondary N) is 3. The highest BCUT2D eigenvalue weighted by atomic mass is 19.4. The van der Waals surface area contributed by atoms with Crippen molar-refractivity contribution in [3.63, 3.8) is 0 Å². The fourth-order valence-electron chi connectivity index (χ4n) is 5.59. The maximum atomic E-state index is 13.3. The molecule has 0 spiro atoms. The SMILES string of the molecule is N=CC(=C(N)C(F)(F)F)[C@@H]1Nc2ccc(N)c(C=N)c2[C@H]2[C@@H]3CC[C@H](C3)[C@H]21. The van der Waals surface area contributed by atoms with Crippen LogP contribution >= 0.6 is 0 Å². The molecule has 1 aromatic rings. The van der Waals surface area contributed by atoms with Crippen molar-refractivity contribution in [2.24, 2.45) is 23.5 Å². The van der Waals surface area contributed by atoms with E-state index < -0.39 is 17.9 Å². The number of allylic oxidation sites excluding steroid dienone is 1. The number of benzene rings is 1. The number of fused-ring (bicyclic) bond motifs is 7. The second kappa shape index (κ2) is 6.00. The first-order valence-corrected chi connectivity index (χ1v) is 9.04. The summed E-state index contributed by atoms with van der Waals surface area (Å²) in [5.74, 6) is 0.583. The van der Waals surface area contributed by atoms with Crippen molar-refractivity contribution in [3.8, 4) is 0 Å². The summed E-state index contributed by atoms with van der Waals surface area (Å²) in [6.07, 6.45) is 0.251. The van der Waals surface area contributed by atoms with Crippen LogP contribution < -0.4 is 16.8 Å². The number of nitrogens with two attached hydrogens (primary N) is 2. The second-order valence-electron chi connectivity index (χ2n) is 7.74. The zero-order valence-electron chi connectivity index (χ0n) is 14.6. The van der Waals surface area contributed by atoms with E-state index in [2.05, 4.69) is 5.32 Å². The lowest BCUT2D eigenvalue weighted by Crippen LogP contribution is -2.45. The molecule has 0 aromatic heterocycles. The normalized spacial score (nSPS) is 32.2. The molecule has 5 atom stereocenters. The highest BCUT2D eigenvalue weighted by molar-refractivity contribution is 5.91. The molecule has 7 N–H and O–H groups in total. The predicted molar refractivity (Wildman–Crippen MR) is 99.3 cm³/mol. The van der Waals surface area contributed by atoms with Crippen LogP contribution in [0.3, 0.4) is 0 Å². The Morgan fingerprint density at radius 1 is 1.19 bits per heavy atom. The molecule has 0 radical (unpaired) electrons. The minimum atomic E-state index is -4.68. The van der Waals surface area contributed by atoms with Gasteiger partial charge in [0.05, 0.1) is 6.04 Å². The minimum absolute atomic E-state index is 0.0288. The third kappa shape index (κ3) is 2.53. The third-order valence-electron chi connectivity index (χ3n) is 6.58. The van der Waals surface area contributed by atoms with Crippen LogP contribution in [0, 0.1) is 28.6 Å². The van der Waals surface area contributed by atoms with Crippen molar-refractivity contribution >= 4 is 23.8 Å². The first-order chi connectivity index (χ1) is 12.8. The Labute approximate surface area is 155 Å². The van der Waals surface area contributed by atoms with Gasteiger partial charge in [-0.25, -0.2) is 0 Å². The van der Waals surface area contributed by atoms with Crippen molar-refractivity contribution in [1.82, 2.24) is 0 Å². The summed E-state index contributed by atoms with van der Waals surface area (Å²) < 4.78 is 39.8. The first kappa shape index (κ1) is 17.9. The van der Waals surface area contributed by atoms with Crippen LogP contribution in [0.15, 0.2) is 23.4 Å². The van der Waals surface area contributed by atoms with Crippen LogP contribution in [-0.2, 0) is 0 Å². The van der Waals surface area contributed by atoms with Gasteiger partial charge in [0.15, 0.2) is 0 Å². The van der Waals surface area contributed by atoms with Crippen LogP contribution in [0.2, 0.25) is 0 Å². The molecule has 3 aliphatic rings. The molecule has 8 heteroatoms. The highest BCUT2D eigenvalue weighted by Gasteiger charge is 2.55. The van der Waals surface area contributed by atoms with Gasteiger partial charge in [-0.3, -0.25) is 0 Å². The summed E-state index contributed by atoms with van der Waals surface area (Å²) >= 11 is 0. The maximum Gasteiger partial charge on any atom is 0.431 e. The van der Waals surface area contributed by atoms with Gasteiger partial charge >= 0.3 is 6.18 Å². The molecule has 1 aliphatic heterocycles. The molecule has 1 heterocycles. The molecule has 27 heavy (non-hydrogen) atoms. The first-order valence-electron chi connectivity index (χ1n) is 9.04. The molecular weight excluding hydrogens is 355 g/mol. The molecule has 144 valence electrons. The van der Waals surface area contributed by atoms with Crippen LogP contribution in [0.1, 0.15) is 36.3 Å². The quantitative estimate of drug-likeness (QED) is 0.410. The zero-order valence-corrected chi connectivity index (χ0v) is 14.6. The van der Waals surface area contributed by atoms with E-state index in [0.717, 1.165) is 31.0 Å². The Morgan fingerprint density at radius 2 is 1.89 bits per heavy atom. The Balaban J connectivity index is 1.90. The van der Waals surface area contributed by atoms with E-state index in [1.165, 1.54) is 6.21 Å². The average Bonchev–Trinajstić information content (AvgIpc) is 3.23. The molecule has 1 aromatic carbocycles. The lowest BCUT2D eigenvalue weighted by molar-refractivity contribution is -0.0935. The van der Waals surface area contributed by atoms with Crippen LogP contribution in [0.25, 0.3) is 0 Å². The average molecular weight is 377 g/mol. The van der Waals surface area contributed by atoms with Crippen molar-refractivity contribution in [2.75, 3.05) is 11.1 Å². The molecule has 5 nitrogen and oxygen atoms in total. The van der Waals surface area contributed by atoms with Crippen LogP contribution in [0.5, 0.6) is 0 Å². The Bertz CT molecular complexity index is 844. The van der Waals surface area contributed by atoms with Gasteiger partial charge in [-0.05, 0) is 60.6 Å². The number of hydrogen-bond acceptors (Lipinski definition) is 5. The predicted octanol–water partition coefficient (Wildman–Crippen LogP) is 3.61. The topological polar surface area (TPSA) is 112 Å². The van der Waals surface area contributed by atoms with E-state index in [0.29, 0.717) is 22.9 Å². The number of rotatable bonds is 3. The summed E-state index contributed by atoms with van der Waals surface area (Å²) in [5.41, 5.74) is 12.9. The van der Waals surface area contributed by atoms with Gasteiger partial charge in [-0.2, -0.15) is 13.2 Å². The Kier molecular flexibility index (Phi) is 3.98. The molecule has 0 unspecified atom stereocenters. The Hall–Kier alpha value is -2.51. The van der Waals surface area contributed by atoms with E-state index in [1.807, 2.05) is 0 Å². The molecule has 0 saturated heterocycles. The number of alkyl halides is 3. The summed E-state index contributed by atoms with van der Waals surface area (Å²) in [5, 5.41) is 18.6. The van der Waals surface area contributed by atoms with Gasteiger partial charge < -0.3 is 27.6 Å². The van der Waals surface area contributed by atoms with Gasteiger partial charge in [0.25, 0.3) is 0 Å². The fourth-order valence-corrected chi connectivity index (χ4v) is 5.59. The van der Waals surface area contributed by atoms with Crippen molar-refractivity contribution < 1.29 is 13.2 Å². The van der Waals surface area contributed by atoms with Crippen molar-refractivity contribution in [3.05, 3.63) is 34.5 Å². The smallest absolute Gasteiger partial charge is 0.398 e. The van der Waals surface area contributed by atoms with Crippen LogP contribution in [-0.4, -0.2) is 24.6 Å². The summed E-state index contributed by atoms with van der Waals surface area (Å²) in [6.45, 7) is 0. The molecule has 4 rings (SSSR count). The van der Waals surface area contributed by atoms with Gasteiger partial charge in [0.1, 0.15) is 5.70 Å². The number of anilines is 2. The molecule has 2 fully saturated rings. The lowest BCUT2D eigenvalue weighted by atomic mass is 9.66. The third-order valence-corrected chi connectivity index (χ3v) is 6.58. The molecular formula is C19H22F3N5. The van der Waals surface area contributed by atoms with Crippen LogP contribution in [0.4, 0.5) is 24.5 Å². The molecule has 2 saturated carbocycles. The van der Waals surface area contributed by atoms with Gasteiger partial charge in [-0.1, -0.05) is 0 Å². The van der Waals surface area contributed by atoms with E-state index in [1.54, 1.807) is 12.1 Å². The van der Waals surface area contributed by atoms with E-state index in [4.69, 9.17) is 22.3 Å². The largest absolute Gasteiger partial charge is 0.431 e. The number of hydrogen-bond donors (Lipinski definition) is 5. The fraction of sp³-hybridized carbons (Fsp3) is 0.474. The van der Waals surface area contributed by atoms with E-state index in [9.17, 15) is 13.2 Å². The standard InChI is InChI=1S/C19H22F3N5/c20-19(21,22)18(26)11(7-24)17-15-9-2-1-8(5-9)14(15)16-10(6-23)12(25)3-4-13(16)27-17/h3-4,6-9,14-15,17,23-24,27H,1-2,5,25-26H2/t8-,9-,14+,15-,17+/m1/s1. The lowest BCUT2D eigenvalue weighted by Gasteiger charge is -2.44. The van der Waals surface area contributed by atoms with E-state index >= 15 is 0 Å². The highest BCUT2D eigenvalue weighted by Crippen LogP contribution is 2.62. The monoisotopic (exact) mass is 377 g/mol. The molecule has 0 amide bonds. The summed E-state index contributed by atoms with van der Waals surface area (Å²) in [7, 11) is 0. The van der Waals surface area contributed by atoms with Gasteiger partial charge in [0.2, 0.25) is 0 Å². The van der Waals surface area contributed by atoms with Crippen molar-refractivity contribution in [2.45, 2.75) is 37.4 Å². The van der Waals surface area contributed by atoms with Gasteiger partial charge in [0, 0.05) is 34.9 Å². The summed E-state index contributed by atoms with van der Waals surface area (Å²) in [6, 6.07) is 2.76.